The first-order valence-corrected chi connectivity index (χ1v) is 5.50. The summed E-state index contributed by atoms with van der Waals surface area (Å²) in [5.41, 5.74) is 1.28. The third-order valence-electron chi connectivity index (χ3n) is 2.38. The van der Waals surface area contributed by atoms with Gasteiger partial charge in [-0.25, -0.2) is 4.79 Å². The fourth-order valence-corrected chi connectivity index (χ4v) is 1.52. The van der Waals surface area contributed by atoms with Crippen LogP contribution >= 0.6 is 0 Å². The van der Waals surface area contributed by atoms with Crippen molar-refractivity contribution >= 4 is 17.7 Å². The topological polar surface area (TPSA) is 83.5 Å². The van der Waals surface area contributed by atoms with E-state index >= 15 is 0 Å². The predicted molar refractivity (Wildman–Crippen MR) is 65.4 cm³/mol. The van der Waals surface area contributed by atoms with Crippen molar-refractivity contribution in [3.8, 4) is 0 Å². The Morgan fingerprint density at radius 3 is 2.50 bits per heavy atom. The second kappa shape index (κ2) is 5.95. The molecule has 0 aliphatic heterocycles. The lowest BCUT2D eigenvalue weighted by molar-refractivity contribution is -0.140. The second-order valence-corrected chi connectivity index (χ2v) is 4.14. The van der Waals surface area contributed by atoms with E-state index < -0.39 is 17.9 Å². The number of nitrogens with one attached hydrogen (secondary N) is 1. The zero-order valence-electron chi connectivity index (χ0n) is 10.3. The molecular weight excluding hydrogens is 234 g/mol. The predicted octanol–water partition coefficient (Wildman–Crippen LogP) is 1.16. The molecule has 0 bridgehead atoms. The molecule has 0 radical (unpaired) electrons. The quantitative estimate of drug-likeness (QED) is 0.820. The van der Waals surface area contributed by atoms with Gasteiger partial charge in [-0.05, 0) is 26.0 Å². The number of carbonyl (C=O) groups is 3. The van der Waals surface area contributed by atoms with Gasteiger partial charge < -0.3 is 10.4 Å². The van der Waals surface area contributed by atoms with Crippen LogP contribution in [-0.4, -0.2) is 28.8 Å². The van der Waals surface area contributed by atoms with Gasteiger partial charge in [0, 0.05) is 12.0 Å². The number of amides is 1. The molecular formula is C13H15NO4. The normalized spacial score (nSPS) is 11.7. The highest BCUT2D eigenvalue weighted by atomic mass is 16.4. The molecule has 0 aromatic heterocycles. The van der Waals surface area contributed by atoms with Crippen molar-refractivity contribution in [3.63, 3.8) is 0 Å². The van der Waals surface area contributed by atoms with Crippen molar-refractivity contribution in [1.29, 1.82) is 0 Å². The van der Waals surface area contributed by atoms with Crippen molar-refractivity contribution in [2.45, 2.75) is 26.3 Å². The second-order valence-electron chi connectivity index (χ2n) is 4.14. The highest BCUT2D eigenvalue weighted by Gasteiger charge is 2.22. The number of rotatable bonds is 5. The van der Waals surface area contributed by atoms with Gasteiger partial charge >= 0.3 is 5.97 Å². The van der Waals surface area contributed by atoms with Crippen LogP contribution in [0.2, 0.25) is 0 Å². The molecule has 1 atom stereocenters. The van der Waals surface area contributed by atoms with Crippen LogP contribution in [0.4, 0.5) is 0 Å². The Balaban J connectivity index is 2.78. The van der Waals surface area contributed by atoms with Gasteiger partial charge in [-0.15, -0.1) is 0 Å². The minimum Gasteiger partial charge on any atom is -0.480 e. The van der Waals surface area contributed by atoms with Crippen molar-refractivity contribution in [2.24, 2.45) is 0 Å². The van der Waals surface area contributed by atoms with E-state index in [4.69, 9.17) is 5.11 Å². The summed E-state index contributed by atoms with van der Waals surface area (Å²) in [6.45, 7) is 3.12. The Labute approximate surface area is 105 Å². The number of carbonyl (C=O) groups excluding carboxylic acids is 2. The third-order valence-corrected chi connectivity index (χ3v) is 2.38. The molecule has 0 saturated carbocycles. The Morgan fingerprint density at radius 2 is 2.00 bits per heavy atom. The first-order valence-electron chi connectivity index (χ1n) is 5.50. The fraction of sp³-hybridized carbons (Fsp3) is 0.308. The van der Waals surface area contributed by atoms with E-state index in [0.29, 0.717) is 5.56 Å². The lowest BCUT2D eigenvalue weighted by Gasteiger charge is -2.13. The van der Waals surface area contributed by atoms with Gasteiger partial charge in [-0.1, -0.05) is 17.7 Å². The first kappa shape index (κ1) is 13.9. The summed E-state index contributed by atoms with van der Waals surface area (Å²) in [7, 11) is 0. The molecule has 1 aromatic rings. The van der Waals surface area contributed by atoms with E-state index in [1.165, 1.54) is 6.92 Å². The van der Waals surface area contributed by atoms with Crippen LogP contribution in [0.1, 0.15) is 29.3 Å². The Hall–Kier alpha value is -2.17. The monoisotopic (exact) mass is 249 g/mol. The van der Waals surface area contributed by atoms with E-state index in [1.54, 1.807) is 18.2 Å². The van der Waals surface area contributed by atoms with Gasteiger partial charge in [0.25, 0.3) is 5.91 Å². The molecule has 5 nitrogen and oxygen atoms in total. The number of carboxylic acid groups (broad SMARTS) is 1. The highest BCUT2D eigenvalue weighted by molar-refractivity contribution is 5.97. The molecule has 0 aliphatic carbocycles. The molecule has 0 heterocycles. The molecule has 18 heavy (non-hydrogen) atoms. The summed E-state index contributed by atoms with van der Waals surface area (Å²) in [5.74, 6) is -1.99. The molecule has 0 aliphatic rings. The zero-order chi connectivity index (χ0) is 13.7. The van der Waals surface area contributed by atoms with Crippen LogP contribution in [0.5, 0.6) is 0 Å². The van der Waals surface area contributed by atoms with Crippen molar-refractivity contribution in [2.75, 3.05) is 0 Å². The zero-order valence-corrected chi connectivity index (χ0v) is 10.3. The summed E-state index contributed by atoms with van der Waals surface area (Å²) in [6.07, 6.45) is -0.215. The van der Waals surface area contributed by atoms with E-state index in [-0.39, 0.29) is 12.2 Å². The van der Waals surface area contributed by atoms with Crippen LogP contribution in [0.15, 0.2) is 24.3 Å². The van der Waals surface area contributed by atoms with E-state index in [9.17, 15) is 14.4 Å². The minimum atomic E-state index is -1.22. The molecule has 96 valence electrons. The van der Waals surface area contributed by atoms with Crippen LogP contribution in [0.25, 0.3) is 0 Å². The molecule has 2 N–H and O–H groups in total. The number of benzene rings is 1. The molecule has 0 fully saturated rings. The molecule has 1 amide bonds. The van der Waals surface area contributed by atoms with Gasteiger partial charge in [-0.2, -0.15) is 0 Å². The molecule has 1 unspecified atom stereocenters. The van der Waals surface area contributed by atoms with Gasteiger partial charge in [-0.3, -0.25) is 9.59 Å². The molecule has 0 saturated heterocycles. The molecule has 5 heteroatoms. The average molecular weight is 249 g/mol. The number of carboxylic acids is 1. The summed E-state index contributed by atoms with van der Waals surface area (Å²) in [5, 5.41) is 11.2. The largest absolute Gasteiger partial charge is 0.480 e. The van der Waals surface area contributed by atoms with Crippen molar-refractivity contribution in [3.05, 3.63) is 35.4 Å². The number of hydrogen-bond donors (Lipinski definition) is 2. The van der Waals surface area contributed by atoms with Gasteiger partial charge in [0.1, 0.15) is 11.8 Å². The maximum Gasteiger partial charge on any atom is 0.326 e. The van der Waals surface area contributed by atoms with E-state index in [1.807, 2.05) is 13.0 Å². The number of Topliss-reactive ketones (excluding diaryl/α,β-unsaturated/α-hetero) is 1. The Bertz CT molecular complexity index is 482. The lowest BCUT2D eigenvalue weighted by atomic mass is 10.1. The number of hydrogen-bond acceptors (Lipinski definition) is 3. The Kier molecular flexibility index (Phi) is 4.59. The maximum absolute atomic E-state index is 11.8. The highest BCUT2D eigenvalue weighted by Crippen LogP contribution is 2.05. The van der Waals surface area contributed by atoms with Gasteiger partial charge in [0.15, 0.2) is 0 Å². The lowest BCUT2D eigenvalue weighted by Crippen LogP contribution is -2.41. The van der Waals surface area contributed by atoms with Gasteiger partial charge in [0.05, 0.1) is 0 Å². The van der Waals surface area contributed by atoms with E-state index in [0.717, 1.165) is 5.56 Å². The number of aryl methyl sites for hydroxylation is 1. The number of aliphatic carboxylic acids is 1. The minimum absolute atomic E-state index is 0.215. The van der Waals surface area contributed by atoms with Crippen LogP contribution in [-0.2, 0) is 9.59 Å². The average Bonchev–Trinajstić information content (AvgIpc) is 2.27. The summed E-state index contributed by atoms with van der Waals surface area (Å²) in [4.78, 5) is 33.6. The maximum atomic E-state index is 11.8. The molecule has 1 rings (SSSR count). The SMILES string of the molecule is CC(=O)CC(NC(=O)c1cccc(C)c1)C(=O)O. The van der Waals surface area contributed by atoms with Gasteiger partial charge in [0.2, 0.25) is 0 Å². The summed E-state index contributed by atoms with van der Waals surface area (Å²) in [6, 6.07) is 5.61. The third kappa shape index (κ3) is 4.01. The molecule has 0 spiro atoms. The van der Waals surface area contributed by atoms with Crippen LogP contribution in [0, 0.1) is 6.92 Å². The Morgan fingerprint density at radius 1 is 1.33 bits per heavy atom. The fourth-order valence-electron chi connectivity index (χ4n) is 1.52. The van der Waals surface area contributed by atoms with Crippen molar-refractivity contribution < 1.29 is 19.5 Å². The first-order chi connectivity index (χ1) is 8.40. The number of ketones is 1. The summed E-state index contributed by atoms with van der Waals surface area (Å²) >= 11 is 0. The van der Waals surface area contributed by atoms with Crippen molar-refractivity contribution in [1.82, 2.24) is 5.32 Å². The van der Waals surface area contributed by atoms with Crippen LogP contribution in [0.3, 0.4) is 0 Å². The standard InChI is InChI=1S/C13H15NO4/c1-8-4-3-5-10(6-8)12(16)14-11(13(17)18)7-9(2)15/h3-6,11H,7H2,1-2H3,(H,14,16)(H,17,18). The van der Waals surface area contributed by atoms with E-state index in [2.05, 4.69) is 5.32 Å². The summed E-state index contributed by atoms with van der Waals surface area (Å²) < 4.78 is 0. The smallest absolute Gasteiger partial charge is 0.326 e. The molecule has 1 aromatic carbocycles. The van der Waals surface area contributed by atoms with Crippen LogP contribution < -0.4 is 5.32 Å².